The van der Waals surface area contributed by atoms with Gasteiger partial charge >= 0.3 is 0 Å². The van der Waals surface area contributed by atoms with Crippen molar-refractivity contribution >= 4 is 27.4 Å². The van der Waals surface area contributed by atoms with E-state index in [0.717, 1.165) is 10.5 Å². The highest BCUT2D eigenvalue weighted by Crippen LogP contribution is 1.96. The summed E-state index contributed by atoms with van der Waals surface area (Å²) in [5.41, 5.74) is 0. The zero-order chi connectivity index (χ0) is 5.91. The Kier molecular flexibility index (Phi) is 3.05. The molecule has 0 aromatic rings. The Morgan fingerprint density at radius 2 is 2.00 bits per heavy atom. The van der Waals surface area contributed by atoms with Crippen LogP contribution < -0.4 is 0 Å². The quantitative estimate of drug-likeness (QED) is 0.469. The van der Waals surface area contributed by atoms with Crippen LogP contribution >= 0.6 is 0 Å². The van der Waals surface area contributed by atoms with Gasteiger partial charge in [0.25, 0.3) is 0 Å². The molecule has 0 aliphatic heterocycles. The summed E-state index contributed by atoms with van der Waals surface area (Å²) < 4.78 is 5.43. The zero-order valence-electron chi connectivity index (χ0n) is 5.62. The molecule has 0 saturated heterocycles. The molecule has 0 saturated carbocycles. The van der Waals surface area contributed by atoms with E-state index in [1.165, 1.54) is 0 Å². The van der Waals surface area contributed by atoms with Gasteiger partial charge < -0.3 is 4.12 Å². The van der Waals surface area contributed by atoms with Crippen LogP contribution in [0.1, 0.15) is 0 Å². The minimum Gasteiger partial charge on any atom is -0.466 e. The third kappa shape index (κ3) is 3.22. The van der Waals surface area contributed by atoms with Gasteiger partial charge in [0.1, 0.15) is 10.5 Å². The Hall–Kier alpha value is 0.611. The molecule has 0 unspecified atom stereocenters. The van der Waals surface area contributed by atoms with Gasteiger partial charge in [-0.15, -0.1) is 0 Å². The second kappa shape index (κ2) is 2.81. The fourth-order valence-corrected chi connectivity index (χ4v) is 3.90. The molecule has 0 heterocycles. The first-order valence-electron chi connectivity index (χ1n) is 2.67. The van der Waals surface area contributed by atoms with Crippen LogP contribution in [0.5, 0.6) is 0 Å². The summed E-state index contributed by atoms with van der Waals surface area (Å²) >= 11 is 0. The normalized spacial score (nSPS) is 14.1. The van der Waals surface area contributed by atoms with Gasteiger partial charge in [-0.05, 0) is 13.1 Å². The molecule has 0 atom stereocenters. The number of hydrogen-bond acceptors (Lipinski definition) is 1. The van der Waals surface area contributed by atoms with Crippen LogP contribution in [0.4, 0.5) is 0 Å². The molecule has 1 nitrogen and oxygen atoms in total. The predicted molar refractivity (Wildman–Crippen MR) is 42.9 cm³/mol. The summed E-state index contributed by atoms with van der Waals surface area (Å²) in [5.74, 6) is 0. The second-order valence-corrected chi connectivity index (χ2v) is 15.4. The summed E-state index contributed by atoms with van der Waals surface area (Å²) in [5, 5.41) is 0. The molecule has 0 spiro atoms. The third-order valence-electron chi connectivity index (χ3n) is 1.40. The minimum absolute atomic E-state index is 0.193. The lowest BCUT2D eigenvalue weighted by molar-refractivity contribution is 0.636. The standard InChI is InChI=1S/C3H14OSi3/c1-6-7(2,3)4-5/h6H2,1-3,5H3. The maximum Gasteiger partial charge on any atom is 0.152 e. The summed E-state index contributed by atoms with van der Waals surface area (Å²) in [6, 6.07) is 0. The topological polar surface area (TPSA) is 9.23 Å². The second-order valence-electron chi connectivity index (χ2n) is 2.32. The summed E-state index contributed by atoms with van der Waals surface area (Å²) in [4.78, 5) is 0. The lowest BCUT2D eigenvalue weighted by Gasteiger charge is -2.16. The van der Waals surface area contributed by atoms with Crippen molar-refractivity contribution in [2.45, 2.75) is 19.6 Å². The summed E-state index contributed by atoms with van der Waals surface area (Å²) in [6.07, 6.45) is 0. The molecule has 0 aliphatic carbocycles. The molecule has 7 heavy (non-hydrogen) atoms. The first kappa shape index (κ1) is 7.61. The van der Waals surface area contributed by atoms with Crippen molar-refractivity contribution in [2.24, 2.45) is 0 Å². The highest BCUT2D eigenvalue weighted by molar-refractivity contribution is 7.20. The van der Waals surface area contributed by atoms with Crippen molar-refractivity contribution in [1.82, 2.24) is 0 Å². The van der Waals surface area contributed by atoms with E-state index >= 15 is 0 Å². The fourth-order valence-electron chi connectivity index (χ4n) is 0.144. The van der Waals surface area contributed by atoms with E-state index in [4.69, 9.17) is 4.12 Å². The van der Waals surface area contributed by atoms with Crippen molar-refractivity contribution < 1.29 is 4.12 Å². The fraction of sp³-hybridized carbons (Fsp3) is 1.00. The van der Waals surface area contributed by atoms with Crippen LogP contribution in [0, 0.1) is 0 Å². The SMILES string of the molecule is C[SiH2][Si](C)(C)O[SiH3]. The van der Waals surface area contributed by atoms with Gasteiger partial charge in [0.2, 0.25) is 0 Å². The Morgan fingerprint density at radius 1 is 1.57 bits per heavy atom. The van der Waals surface area contributed by atoms with Crippen molar-refractivity contribution in [2.75, 3.05) is 0 Å². The van der Waals surface area contributed by atoms with Crippen molar-refractivity contribution in [1.29, 1.82) is 0 Å². The largest absolute Gasteiger partial charge is 0.466 e. The monoisotopic (exact) mass is 150 g/mol. The summed E-state index contributed by atoms with van der Waals surface area (Å²) in [7, 11) is 0.196. The van der Waals surface area contributed by atoms with Gasteiger partial charge in [0, 0.05) is 9.04 Å². The van der Waals surface area contributed by atoms with Gasteiger partial charge in [-0.1, -0.05) is 6.55 Å². The van der Waals surface area contributed by atoms with Crippen LogP contribution in [-0.2, 0) is 4.12 Å². The molecule has 0 bridgehead atoms. The van der Waals surface area contributed by atoms with E-state index in [0.29, 0.717) is 0 Å². The molecule has 0 aromatic heterocycles. The Bertz CT molecular complexity index is 48.1. The van der Waals surface area contributed by atoms with Crippen LogP contribution in [0.25, 0.3) is 0 Å². The smallest absolute Gasteiger partial charge is 0.152 e. The van der Waals surface area contributed by atoms with Crippen LogP contribution in [0.2, 0.25) is 19.6 Å². The number of rotatable bonds is 2. The van der Waals surface area contributed by atoms with E-state index in [9.17, 15) is 0 Å². The molecule has 0 aliphatic rings. The van der Waals surface area contributed by atoms with E-state index in [-0.39, 0.29) is 9.04 Å². The first-order valence-corrected chi connectivity index (χ1v) is 10.1. The molecule has 0 N–H and O–H groups in total. The molecule has 0 radical (unpaired) electrons. The molecule has 0 aromatic carbocycles. The lowest BCUT2D eigenvalue weighted by atomic mass is 11.9. The van der Waals surface area contributed by atoms with E-state index in [2.05, 4.69) is 19.6 Å². The number of hydrogen-bond donors (Lipinski definition) is 0. The zero-order valence-corrected chi connectivity index (χ0v) is 10.0. The van der Waals surface area contributed by atoms with E-state index in [1.54, 1.807) is 0 Å². The molecular formula is C3H14OSi3. The van der Waals surface area contributed by atoms with Crippen molar-refractivity contribution in [3.8, 4) is 0 Å². The Morgan fingerprint density at radius 3 is 2.00 bits per heavy atom. The molecule has 0 rings (SSSR count). The van der Waals surface area contributed by atoms with Crippen LogP contribution in [0.15, 0.2) is 0 Å². The molecule has 44 valence electrons. The Balaban J connectivity index is 3.36. The average molecular weight is 150 g/mol. The molecular weight excluding hydrogens is 136 g/mol. The maximum absolute atomic E-state index is 5.43. The Labute approximate surface area is 51.7 Å². The van der Waals surface area contributed by atoms with Gasteiger partial charge in [0.05, 0.1) is 0 Å². The van der Waals surface area contributed by atoms with Gasteiger partial charge in [-0.3, -0.25) is 0 Å². The van der Waals surface area contributed by atoms with E-state index < -0.39 is 7.83 Å². The maximum atomic E-state index is 5.43. The average Bonchev–Trinajstić information content (AvgIpc) is 1.68. The lowest BCUT2D eigenvalue weighted by Crippen LogP contribution is -2.35. The van der Waals surface area contributed by atoms with Crippen LogP contribution in [0.3, 0.4) is 0 Å². The highest BCUT2D eigenvalue weighted by Gasteiger charge is 2.15. The first-order chi connectivity index (χ1) is 3.12. The van der Waals surface area contributed by atoms with Gasteiger partial charge in [-0.25, -0.2) is 0 Å². The predicted octanol–water partition coefficient (Wildman–Crippen LogP) is -0.798. The van der Waals surface area contributed by atoms with Gasteiger partial charge in [0.15, 0.2) is 7.83 Å². The van der Waals surface area contributed by atoms with Crippen LogP contribution in [-0.4, -0.2) is 27.4 Å². The molecule has 0 fully saturated rings. The third-order valence-corrected chi connectivity index (χ3v) is 15.2. The highest BCUT2D eigenvalue weighted by atomic mass is 29.2. The molecule has 0 amide bonds. The van der Waals surface area contributed by atoms with Crippen molar-refractivity contribution in [3.63, 3.8) is 0 Å². The minimum atomic E-state index is -0.951. The van der Waals surface area contributed by atoms with E-state index in [1.807, 2.05) is 0 Å². The van der Waals surface area contributed by atoms with Gasteiger partial charge in [-0.2, -0.15) is 0 Å². The van der Waals surface area contributed by atoms with Crippen molar-refractivity contribution in [3.05, 3.63) is 0 Å². The molecule has 4 heteroatoms. The summed E-state index contributed by atoms with van der Waals surface area (Å²) in [6.45, 7) is 6.96.